The highest BCUT2D eigenvalue weighted by Crippen LogP contribution is 2.35. The van der Waals surface area contributed by atoms with Gasteiger partial charge in [-0.25, -0.2) is 15.0 Å². The van der Waals surface area contributed by atoms with Gasteiger partial charge in [0.15, 0.2) is 5.78 Å². The molecule has 0 saturated carbocycles. The Morgan fingerprint density at radius 1 is 1.00 bits per heavy atom. The zero-order chi connectivity index (χ0) is 25.9. The predicted octanol–water partition coefficient (Wildman–Crippen LogP) is 5.76. The first-order valence-electron chi connectivity index (χ1n) is 11.8. The molecule has 0 unspecified atom stereocenters. The van der Waals surface area contributed by atoms with Crippen molar-refractivity contribution in [3.8, 4) is 27.6 Å². The van der Waals surface area contributed by atoms with Crippen molar-refractivity contribution in [1.82, 2.24) is 15.0 Å². The molecule has 10 heteroatoms. The fraction of sp³-hybridized carbons (Fsp3) is 0.107. The average Bonchev–Trinajstić information content (AvgIpc) is 3.61. The van der Waals surface area contributed by atoms with Gasteiger partial charge in [0, 0.05) is 40.0 Å². The second-order valence-electron chi connectivity index (χ2n) is 8.63. The largest absolute Gasteiger partial charge is 0.486 e. The van der Waals surface area contributed by atoms with Crippen LogP contribution in [-0.2, 0) is 22.4 Å². The zero-order valence-corrected chi connectivity index (χ0v) is 21.6. The van der Waals surface area contributed by atoms with E-state index in [-0.39, 0.29) is 18.3 Å². The summed E-state index contributed by atoms with van der Waals surface area (Å²) in [5.74, 6) is 1.15. The van der Waals surface area contributed by atoms with Gasteiger partial charge in [-0.3, -0.25) is 9.59 Å². The third-order valence-electron chi connectivity index (χ3n) is 5.88. The molecule has 0 bridgehead atoms. The predicted molar refractivity (Wildman–Crippen MR) is 149 cm³/mol. The SMILES string of the molecule is O=C1COc2ccc(Nc3nccc(-c4scnc4-c4cccc(NC(=O)Cc5cccs5)c4)n3)cc2C1. The number of aromatic nitrogens is 3. The highest BCUT2D eigenvalue weighted by atomic mass is 32.1. The maximum absolute atomic E-state index is 12.5. The molecule has 0 saturated heterocycles. The Morgan fingerprint density at radius 3 is 2.84 bits per heavy atom. The molecular formula is C28H21N5O3S2. The lowest BCUT2D eigenvalue weighted by atomic mass is 10.0. The molecule has 6 rings (SSSR count). The molecular weight excluding hydrogens is 518 g/mol. The minimum atomic E-state index is -0.0623. The molecule has 38 heavy (non-hydrogen) atoms. The second kappa shape index (κ2) is 10.5. The van der Waals surface area contributed by atoms with Crippen molar-refractivity contribution < 1.29 is 14.3 Å². The number of rotatable bonds is 7. The van der Waals surface area contributed by atoms with Crippen LogP contribution < -0.4 is 15.4 Å². The van der Waals surface area contributed by atoms with E-state index < -0.39 is 0 Å². The number of thiazole rings is 1. The number of carbonyl (C=O) groups excluding carboxylic acids is 2. The summed E-state index contributed by atoms with van der Waals surface area (Å²) in [7, 11) is 0. The van der Waals surface area contributed by atoms with Gasteiger partial charge in [-0.15, -0.1) is 22.7 Å². The molecule has 4 heterocycles. The van der Waals surface area contributed by atoms with Gasteiger partial charge < -0.3 is 15.4 Å². The van der Waals surface area contributed by atoms with Gasteiger partial charge in [0.25, 0.3) is 0 Å². The van der Waals surface area contributed by atoms with Gasteiger partial charge in [-0.1, -0.05) is 18.2 Å². The Bertz CT molecular complexity index is 1630. The van der Waals surface area contributed by atoms with Gasteiger partial charge >= 0.3 is 0 Å². The summed E-state index contributed by atoms with van der Waals surface area (Å²) >= 11 is 3.05. The third kappa shape index (κ3) is 5.31. The fourth-order valence-electron chi connectivity index (χ4n) is 4.19. The molecule has 0 fully saturated rings. The van der Waals surface area contributed by atoms with Crippen molar-refractivity contribution in [3.05, 3.63) is 88.2 Å². The van der Waals surface area contributed by atoms with E-state index in [1.807, 2.05) is 66.0 Å². The van der Waals surface area contributed by atoms with Crippen LogP contribution in [-0.4, -0.2) is 33.2 Å². The van der Waals surface area contributed by atoms with E-state index in [4.69, 9.17) is 9.72 Å². The highest BCUT2D eigenvalue weighted by Gasteiger charge is 2.18. The Balaban J connectivity index is 1.22. The highest BCUT2D eigenvalue weighted by molar-refractivity contribution is 7.13. The third-order valence-corrected chi connectivity index (χ3v) is 7.61. The summed E-state index contributed by atoms with van der Waals surface area (Å²) in [6.07, 6.45) is 2.39. The lowest BCUT2D eigenvalue weighted by Gasteiger charge is -2.17. The molecule has 0 radical (unpaired) electrons. The number of hydrogen-bond donors (Lipinski definition) is 2. The van der Waals surface area contributed by atoms with Gasteiger partial charge in [0.1, 0.15) is 12.4 Å². The van der Waals surface area contributed by atoms with E-state index in [2.05, 4.69) is 20.6 Å². The van der Waals surface area contributed by atoms with Crippen LogP contribution >= 0.6 is 22.7 Å². The van der Waals surface area contributed by atoms with Crippen LogP contribution in [0.1, 0.15) is 10.4 Å². The van der Waals surface area contributed by atoms with Crippen molar-refractivity contribution in [3.63, 3.8) is 0 Å². The van der Waals surface area contributed by atoms with Crippen LogP contribution in [0.15, 0.2) is 77.8 Å². The van der Waals surface area contributed by atoms with E-state index in [1.165, 1.54) is 11.3 Å². The van der Waals surface area contributed by atoms with Crippen LogP contribution in [0.3, 0.4) is 0 Å². The lowest BCUT2D eigenvalue weighted by molar-refractivity contribution is -0.121. The number of ether oxygens (including phenoxy) is 1. The van der Waals surface area contributed by atoms with Crippen molar-refractivity contribution in [1.29, 1.82) is 0 Å². The molecule has 0 spiro atoms. The maximum atomic E-state index is 12.5. The molecule has 2 aromatic carbocycles. The fourth-order valence-corrected chi connectivity index (χ4v) is 5.67. The van der Waals surface area contributed by atoms with Crippen LogP contribution in [0.4, 0.5) is 17.3 Å². The van der Waals surface area contributed by atoms with E-state index >= 15 is 0 Å². The van der Waals surface area contributed by atoms with Gasteiger partial charge in [0.05, 0.1) is 28.2 Å². The number of amides is 1. The number of thiophene rings is 1. The Labute approximate surface area is 226 Å². The first kappa shape index (κ1) is 24.0. The van der Waals surface area contributed by atoms with Crippen LogP contribution in [0.2, 0.25) is 0 Å². The molecule has 2 N–H and O–H groups in total. The number of Topliss-reactive ketones (excluding diaryl/α,β-unsaturated/α-hetero) is 1. The maximum Gasteiger partial charge on any atom is 0.229 e. The number of ketones is 1. The minimum absolute atomic E-state index is 0.0526. The molecule has 0 aliphatic carbocycles. The minimum Gasteiger partial charge on any atom is -0.486 e. The number of carbonyl (C=O) groups is 2. The summed E-state index contributed by atoms with van der Waals surface area (Å²) in [4.78, 5) is 39.8. The lowest BCUT2D eigenvalue weighted by Crippen LogP contribution is -2.20. The molecule has 3 aromatic heterocycles. The van der Waals surface area contributed by atoms with Crippen molar-refractivity contribution in [2.45, 2.75) is 12.8 Å². The molecule has 5 aromatic rings. The number of hydrogen-bond acceptors (Lipinski definition) is 9. The summed E-state index contributed by atoms with van der Waals surface area (Å²) in [5.41, 5.74) is 6.49. The van der Waals surface area contributed by atoms with Crippen molar-refractivity contribution in [2.75, 3.05) is 17.2 Å². The Morgan fingerprint density at radius 2 is 1.95 bits per heavy atom. The zero-order valence-electron chi connectivity index (χ0n) is 20.0. The smallest absolute Gasteiger partial charge is 0.229 e. The topological polar surface area (TPSA) is 106 Å². The van der Waals surface area contributed by atoms with Gasteiger partial charge in [-0.2, -0.15) is 0 Å². The number of fused-ring (bicyclic) bond motifs is 1. The summed E-state index contributed by atoms with van der Waals surface area (Å²) in [6.45, 7) is 0.118. The first-order chi connectivity index (χ1) is 18.6. The molecule has 1 aliphatic heterocycles. The first-order valence-corrected chi connectivity index (χ1v) is 13.6. The molecule has 1 aliphatic rings. The van der Waals surface area contributed by atoms with Gasteiger partial charge in [0.2, 0.25) is 11.9 Å². The molecule has 8 nitrogen and oxygen atoms in total. The van der Waals surface area contributed by atoms with Gasteiger partial charge in [-0.05, 0) is 47.8 Å². The quantitative estimate of drug-likeness (QED) is 0.271. The number of anilines is 3. The van der Waals surface area contributed by atoms with E-state index in [0.29, 0.717) is 24.5 Å². The van der Waals surface area contributed by atoms with Crippen molar-refractivity contribution >= 4 is 51.7 Å². The monoisotopic (exact) mass is 539 g/mol. The Kier molecular flexibility index (Phi) is 6.63. The second-order valence-corrected chi connectivity index (χ2v) is 10.5. The Hall–Kier alpha value is -4.41. The number of benzene rings is 2. The van der Waals surface area contributed by atoms with E-state index in [9.17, 15) is 9.59 Å². The standard InChI is InChI=1S/C28H21N5O3S2/c34-21-13-18-12-20(6-7-24(18)36-15-21)32-28-29-9-8-23(33-28)27-26(30-16-38-27)17-3-1-4-19(11-17)31-25(35)14-22-5-2-10-37-22/h1-12,16H,13-15H2,(H,31,35)(H,29,32,33). The summed E-state index contributed by atoms with van der Waals surface area (Å²) in [6, 6.07) is 19.0. The number of nitrogens with one attached hydrogen (secondary N) is 2. The number of nitrogens with zero attached hydrogens (tertiary/aromatic N) is 3. The van der Waals surface area contributed by atoms with E-state index in [1.54, 1.807) is 23.0 Å². The molecule has 1 amide bonds. The van der Waals surface area contributed by atoms with Crippen LogP contribution in [0.25, 0.3) is 21.8 Å². The molecule has 188 valence electrons. The normalized spacial score (nSPS) is 12.5. The van der Waals surface area contributed by atoms with Crippen molar-refractivity contribution in [2.24, 2.45) is 0 Å². The average molecular weight is 540 g/mol. The van der Waals surface area contributed by atoms with Crippen LogP contribution in [0, 0.1) is 0 Å². The molecule has 0 atom stereocenters. The van der Waals surface area contributed by atoms with Crippen LogP contribution in [0.5, 0.6) is 5.75 Å². The summed E-state index contributed by atoms with van der Waals surface area (Å²) in [5, 5.41) is 8.17. The summed E-state index contributed by atoms with van der Waals surface area (Å²) < 4.78 is 5.48. The van der Waals surface area contributed by atoms with E-state index in [0.717, 1.165) is 43.7 Å².